The maximum Gasteiger partial charge on any atom is 0.249 e. The lowest BCUT2D eigenvalue weighted by atomic mass is 9.95. The van der Waals surface area contributed by atoms with Crippen molar-refractivity contribution in [2.75, 3.05) is 29.9 Å². The second-order valence-corrected chi connectivity index (χ2v) is 10.2. The van der Waals surface area contributed by atoms with E-state index in [4.69, 9.17) is 0 Å². The second kappa shape index (κ2) is 11.2. The Bertz CT molecular complexity index is 920. The van der Waals surface area contributed by atoms with Gasteiger partial charge in [0.05, 0.1) is 6.54 Å². The molecule has 2 N–H and O–H groups in total. The van der Waals surface area contributed by atoms with Crippen molar-refractivity contribution in [3.05, 3.63) is 54.1 Å². The molecule has 0 saturated carbocycles. The average Bonchev–Trinajstić information content (AvgIpc) is 2.85. The number of anilines is 3. The molecular weight excluding hydrogens is 424 g/mol. The van der Waals surface area contributed by atoms with Crippen LogP contribution in [0.3, 0.4) is 0 Å². The van der Waals surface area contributed by atoms with E-state index >= 15 is 0 Å². The Hall–Kier alpha value is -2.57. The van der Waals surface area contributed by atoms with Crippen LogP contribution in [0.25, 0.3) is 0 Å². The van der Waals surface area contributed by atoms with Gasteiger partial charge in [-0.3, -0.25) is 10.0 Å². The van der Waals surface area contributed by atoms with Crippen LogP contribution in [0.2, 0.25) is 0 Å². The van der Waals surface area contributed by atoms with Crippen LogP contribution in [-0.4, -0.2) is 52.8 Å². The van der Waals surface area contributed by atoms with Gasteiger partial charge in [-0.05, 0) is 108 Å². The first-order valence-electron chi connectivity index (χ1n) is 12.9. The molecule has 1 atom stereocenters. The molecule has 0 spiro atoms. The lowest BCUT2D eigenvalue weighted by Gasteiger charge is -2.35. The number of likely N-dealkylation sites (tertiary alicyclic amines) is 1. The smallest absolute Gasteiger partial charge is 0.249 e. The topological polar surface area (TPSA) is 59.1 Å². The molecule has 0 aliphatic carbocycles. The molecule has 2 aliphatic rings. The van der Waals surface area contributed by atoms with Gasteiger partial charge in [0, 0.05) is 41.6 Å². The number of nitrogens with zero attached hydrogens (tertiary/aromatic N) is 3. The number of rotatable bonds is 7. The van der Waals surface area contributed by atoms with E-state index in [-0.39, 0.29) is 18.4 Å². The van der Waals surface area contributed by atoms with Crippen molar-refractivity contribution in [2.24, 2.45) is 5.92 Å². The fourth-order valence-corrected chi connectivity index (χ4v) is 5.20. The summed E-state index contributed by atoms with van der Waals surface area (Å²) in [5.74, 6) is -0.245. The van der Waals surface area contributed by atoms with Crippen molar-refractivity contribution in [2.45, 2.75) is 71.5 Å². The Morgan fingerprint density at radius 1 is 0.971 bits per heavy atom. The van der Waals surface area contributed by atoms with Gasteiger partial charge in [0.25, 0.3) is 0 Å². The number of benzene rings is 2. The molecule has 2 aromatic rings. The first-order chi connectivity index (χ1) is 16.4. The first kappa shape index (κ1) is 24.6. The lowest BCUT2D eigenvalue weighted by molar-refractivity contribution is -0.174. The summed E-state index contributed by atoms with van der Waals surface area (Å²) < 4.78 is 0. The highest BCUT2D eigenvalue weighted by Crippen LogP contribution is 2.27. The molecule has 0 radical (unpaired) electrons. The van der Waals surface area contributed by atoms with Gasteiger partial charge in [0.15, 0.2) is 0 Å². The summed E-state index contributed by atoms with van der Waals surface area (Å²) in [6.45, 7) is 9.86. The van der Waals surface area contributed by atoms with Gasteiger partial charge in [-0.25, -0.2) is 5.06 Å². The molecule has 6 nitrogen and oxygen atoms in total. The molecule has 0 aromatic heterocycles. The van der Waals surface area contributed by atoms with Crippen LogP contribution in [-0.2, 0) is 11.3 Å². The predicted octanol–water partition coefficient (Wildman–Crippen LogP) is 5.65. The van der Waals surface area contributed by atoms with E-state index in [0.717, 1.165) is 54.5 Å². The van der Waals surface area contributed by atoms with Gasteiger partial charge in [-0.2, -0.15) is 0 Å². The molecule has 0 bridgehead atoms. The van der Waals surface area contributed by atoms with Crippen molar-refractivity contribution in [3.63, 3.8) is 0 Å². The van der Waals surface area contributed by atoms with Crippen molar-refractivity contribution >= 4 is 23.0 Å². The summed E-state index contributed by atoms with van der Waals surface area (Å²) in [4.78, 5) is 17.6. The van der Waals surface area contributed by atoms with Gasteiger partial charge in [0.1, 0.15) is 0 Å². The normalized spacial score (nSPS) is 19.9. The van der Waals surface area contributed by atoms with Gasteiger partial charge in [0.2, 0.25) is 5.91 Å². The number of hydroxylamine groups is 2. The summed E-state index contributed by atoms with van der Waals surface area (Å²) in [5.41, 5.74) is 4.23. The molecule has 2 aliphatic heterocycles. The van der Waals surface area contributed by atoms with Crippen LogP contribution >= 0.6 is 0 Å². The minimum Gasteiger partial charge on any atom is -0.369 e. The number of carbonyl (C=O) groups is 1. The second-order valence-electron chi connectivity index (χ2n) is 10.2. The lowest BCUT2D eigenvalue weighted by Crippen LogP contribution is -2.43. The summed E-state index contributed by atoms with van der Waals surface area (Å²) in [6.07, 6.45) is 5.48. The highest BCUT2D eigenvalue weighted by Gasteiger charge is 2.29. The number of piperidine rings is 2. The maximum atomic E-state index is 12.7. The molecule has 1 amide bonds. The van der Waals surface area contributed by atoms with Crippen LogP contribution in [0.15, 0.2) is 48.5 Å². The van der Waals surface area contributed by atoms with Gasteiger partial charge in [-0.1, -0.05) is 12.1 Å². The Morgan fingerprint density at radius 2 is 1.59 bits per heavy atom. The number of nitrogens with one attached hydrogen (secondary N) is 1. The van der Waals surface area contributed by atoms with E-state index < -0.39 is 0 Å². The third kappa shape index (κ3) is 6.10. The van der Waals surface area contributed by atoms with E-state index in [1.54, 1.807) is 0 Å². The molecule has 34 heavy (non-hydrogen) atoms. The van der Waals surface area contributed by atoms with E-state index in [2.05, 4.69) is 60.2 Å². The van der Waals surface area contributed by atoms with Crippen LogP contribution in [0.4, 0.5) is 17.1 Å². The number of hydrogen-bond acceptors (Lipinski definition) is 5. The van der Waals surface area contributed by atoms with E-state index in [9.17, 15) is 10.0 Å². The van der Waals surface area contributed by atoms with Crippen molar-refractivity contribution in [1.82, 2.24) is 9.96 Å². The summed E-state index contributed by atoms with van der Waals surface area (Å²) in [6, 6.07) is 17.7. The SMILES string of the molecule is CC(C)N1CCC(C(=O)N(O)Cc2ccc(Nc3ccc(N4CCCCC4C)cc3)cc2)CC1. The summed E-state index contributed by atoms with van der Waals surface area (Å²) in [5, 5.41) is 14.8. The molecule has 1 unspecified atom stereocenters. The van der Waals surface area contributed by atoms with Crippen molar-refractivity contribution in [1.29, 1.82) is 0 Å². The Labute approximate surface area is 204 Å². The highest BCUT2D eigenvalue weighted by molar-refractivity contribution is 5.77. The number of hydrogen-bond donors (Lipinski definition) is 2. The van der Waals surface area contributed by atoms with Crippen molar-refractivity contribution in [3.8, 4) is 0 Å². The molecule has 6 heteroatoms. The number of carbonyl (C=O) groups excluding carboxylic acids is 1. The molecule has 4 rings (SSSR count). The Balaban J connectivity index is 1.28. The van der Waals surface area contributed by atoms with E-state index in [1.165, 1.54) is 24.9 Å². The van der Waals surface area contributed by atoms with Crippen LogP contribution in [0.1, 0.15) is 58.4 Å². The van der Waals surface area contributed by atoms with E-state index in [0.29, 0.717) is 12.1 Å². The zero-order chi connectivity index (χ0) is 24.1. The minimum absolute atomic E-state index is 0.0863. The predicted molar refractivity (Wildman–Crippen MR) is 139 cm³/mol. The van der Waals surface area contributed by atoms with Gasteiger partial charge in [-0.15, -0.1) is 0 Å². The minimum atomic E-state index is -0.159. The third-order valence-electron chi connectivity index (χ3n) is 7.44. The van der Waals surface area contributed by atoms with Crippen molar-refractivity contribution < 1.29 is 10.0 Å². The first-order valence-corrected chi connectivity index (χ1v) is 12.9. The Kier molecular flexibility index (Phi) is 8.11. The third-order valence-corrected chi connectivity index (χ3v) is 7.44. The number of amides is 1. The molecule has 2 saturated heterocycles. The standard InChI is InChI=1S/C28H40N4O2/c1-21(2)30-18-15-24(16-19-30)28(33)32(34)20-23-7-9-25(10-8-23)29-26-11-13-27(14-12-26)31-17-5-4-6-22(31)3/h7-14,21-22,24,29,34H,4-6,15-20H2,1-3H3. The molecule has 2 heterocycles. The Morgan fingerprint density at radius 3 is 2.18 bits per heavy atom. The zero-order valence-electron chi connectivity index (χ0n) is 20.9. The fourth-order valence-electron chi connectivity index (χ4n) is 5.20. The molecule has 184 valence electrons. The summed E-state index contributed by atoms with van der Waals surface area (Å²) in [7, 11) is 0. The summed E-state index contributed by atoms with van der Waals surface area (Å²) >= 11 is 0. The zero-order valence-corrected chi connectivity index (χ0v) is 20.9. The average molecular weight is 465 g/mol. The molecule has 2 fully saturated rings. The van der Waals surface area contributed by atoms with Gasteiger partial charge >= 0.3 is 0 Å². The van der Waals surface area contributed by atoms with E-state index in [1.807, 2.05) is 24.3 Å². The van der Waals surface area contributed by atoms with Crippen LogP contribution in [0, 0.1) is 5.92 Å². The maximum absolute atomic E-state index is 12.7. The quantitative estimate of drug-likeness (QED) is 0.410. The fraction of sp³-hybridized carbons (Fsp3) is 0.536. The molecular formula is C28H40N4O2. The van der Waals surface area contributed by atoms with Gasteiger partial charge < -0.3 is 15.1 Å². The largest absolute Gasteiger partial charge is 0.369 e. The molecule has 2 aromatic carbocycles. The highest BCUT2D eigenvalue weighted by atomic mass is 16.5. The monoisotopic (exact) mass is 464 g/mol. The van der Waals surface area contributed by atoms with Crippen LogP contribution < -0.4 is 10.2 Å². The van der Waals surface area contributed by atoms with Crippen LogP contribution in [0.5, 0.6) is 0 Å².